The van der Waals surface area contributed by atoms with Crippen molar-refractivity contribution in [2.45, 2.75) is 26.8 Å². The molecule has 0 aliphatic rings. The molecule has 0 aliphatic carbocycles. The SMILES string of the molecule is Cc1ccc(C(C)Nc2ccc(C)c(I)c2)cc1F. The summed E-state index contributed by atoms with van der Waals surface area (Å²) in [5.74, 6) is -0.148. The van der Waals surface area contributed by atoms with Gasteiger partial charge in [-0.15, -0.1) is 0 Å². The summed E-state index contributed by atoms with van der Waals surface area (Å²) in [5.41, 5.74) is 3.96. The highest BCUT2D eigenvalue weighted by Crippen LogP contribution is 2.23. The predicted molar refractivity (Wildman–Crippen MR) is 87.1 cm³/mol. The first-order chi connectivity index (χ1) is 8.97. The number of anilines is 1. The second-order valence-electron chi connectivity index (χ2n) is 4.84. The van der Waals surface area contributed by atoms with Gasteiger partial charge in [0.15, 0.2) is 0 Å². The minimum absolute atomic E-state index is 0.0774. The van der Waals surface area contributed by atoms with Crippen LogP contribution in [0.25, 0.3) is 0 Å². The van der Waals surface area contributed by atoms with Crippen LogP contribution in [0.1, 0.15) is 29.7 Å². The lowest BCUT2D eigenvalue weighted by molar-refractivity contribution is 0.614. The van der Waals surface area contributed by atoms with Gasteiger partial charge in [0.2, 0.25) is 0 Å². The van der Waals surface area contributed by atoms with Gasteiger partial charge >= 0.3 is 0 Å². The number of hydrogen-bond donors (Lipinski definition) is 1. The van der Waals surface area contributed by atoms with Gasteiger partial charge < -0.3 is 5.32 Å². The zero-order chi connectivity index (χ0) is 14.0. The molecule has 0 spiro atoms. The summed E-state index contributed by atoms with van der Waals surface area (Å²) >= 11 is 2.32. The van der Waals surface area contributed by atoms with Gasteiger partial charge in [-0.1, -0.05) is 18.2 Å². The molecular formula is C16H17FIN. The van der Waals surface area contributed by atoms with E-state index in [9.17, 15) is 4.39 Å². The summed E-state index contributed by atoms with van der Waals surface area (Å²) in [4.78, 5) is 0. The maximum Gasteiger partial charge on any atom is 0.126 e. The van der Waals surface area contributed by atoms with Gasteiger partial charge in [0, 0.05) is 15.3 Å². The fraction of sp³-hybridized carbons (Fsp3) is 0.250. The number of aryl methyl sites for hydroxylation is 2. The van der Waals surface area contributed by atoms with Crippen molar-refractivity contribution in [2.24, 2.45) is 0 Å². The molecule has 0 aromatic heterocycles. The van der Waals surface area contributed by atoms with Crippen molar-refractivity contribution in [3.8, 4) is 0 Å². The van der Waals surface area contributed by atoms with E-state index >= 15 is 0 Å². The minimum Gasteiger partial charge on any atom is -0.378 e. The molecule has 0 amide bonds. The molecule has 0 aliphatic heterocycles. The lowest BCUT2D eigenvalue weighted by Crippen LogP contribution is -2.07. The maximum atomic E-state index is 13.6. The molecule has 2 aromatic rings. The van der Waals surface area contributed by atoms with E-state index < -0.39 is 0 Å². The second kappa shape index (κ2) is 5.90. The van der Waals surface area contributed by atoms with Gasteiger partial charge in [-0.3, -0.25) is 0 Å². The van der Waals surface area contributed by atoms with Crippen molar-refractivity contribution >= 4 is 28.3 Å². The molecule has 2 rings (SSSR count). The molecule has 1 nitrogen and oxygen atoms in total. The van der Waals surface area contributed by atoms with Crippen LogP contribution in [0.4, 0.5) is 10.1 Å². The molecule has 0 radical (unpaired) electrons. The molecule has 2 aromatic carbocycles. The van der Waals surface area contributed by atoms with Crippen molar-refractivity contribution in [1.29, 1.82) is 0 Å². The Kier molecular flexibility index (Phi) is 4.45. The lowest BCUT2D eigenvalue weighted by Gasteiger charge is -2.17. The highest BCUT2D eigenvalue weighted by Gasteiger charge is 2.08. The van der Waals surface area contributed by atoms with Gasteiger partial charge in [-0.05, 0) is 78.3 Å². The molecule has 0 fully saturated rings. The van der Waals surface area contributed by atoms with Crippen LogP contribution in [-0.2, 0) is 0 Å². The number of benzene rings is 2. The number of hydrogen-bond acceptors (Lipinski definition) is 1. The molecule has 0 heterocycles. The largest absolute Gasteiger partial charge is 0.378 e. The van der Waals surface area contributed by atoms with Gasteiger partial charge in [-0.25, -0.2) is 4.39 Å². The van der Waals surface area contributed by atoms with Gasteiger partial charge in [0.1, 0.15) is 5.82 Å². The lowest BCUT2D eigenvalue weighted by atomic mass is 10.1. The Labute approximate surface area is 127 Å². The third-order valence-corrected chi connectivity index (χ3v) is 4.41. The van der Waals surface area contributed by atoms with E-state index in [0.29, 0.717) is 5.56 Å². The Morgan fingerprint density at radius 3 is 2.37 bits per heavy atom. The van der Waals surface area contributed by atoms with Crippen LogP contribution in [0.3, 0.4) is 0 Å². The van der Waals surface area contributed by atoms with Crippen LogP contribution in [0.15, 0.2) is 36.4 Å². The monoisotopic (exact) mass is 369 g/mol. The van der Waals surface area contributed by atoms with Crippen molar-refractivity contribution in [2.75, 3.05) is 5.32 Å². The quantitative estimate of drug-likeness (QED) is 0.732. The van der Waals surface area contributed by atoms with Gasteiger partial charge in [-0.2, -0.15) is 0 Å². The van der Waals surface area contributed by atoms with Crippen molar-refractivity contribution in [1.82, 2.24) is 0 Å². The molecule has 0 saturated carbocycles. The number of halogens is 2. The second-order valence-corrected chi connectivity index (χ2v) is 6.00. The van der Waals surface area contributed by atoms with Crippen LogP contribution in [-0.4, -0.2) is 0 Å². The van der Waals surface area contributed by atoms with E-state index in [0.717, 1.165) is 11.3 Å². The minimum atomic E-state index is -0.148. The third-order valence-electron chi connectivity index (χ3n) is 3.25. The van der Waals surface area contributed by atoms with Crippen LogP contribution in [0.2, 0.25) is 0 Å². The first kappa shape index (κ1) is 14.3. The van der Waals surface area contributed by atoms with Crippen LogP contribution in [0, 0.1) is 23.2 Å². The zero-order valence-electron chi connectivity index (χ0n) is 11.3. The number of nitrogens with one attached hydrogen (secondary N) is 1. The van der Waals surface area contributed by atoms with Gasteiger partial charge in [0.05, 0.1) is 0 Å². The van der Waals surface area contributed by atoms with Crippen LogP contribution in [0.5, 0.6) is 0 Å². The summed E-state index contributed by atoms with van der Waals surface area (Å²) in [6.45, 7) is 5.90. The predicted octanol–water partition coefficient (Wildman–Crippen LogP) is 5.22. The molecule has 1 N–H and O–H groups in total. The molecule has 100 valence electrons. The first-order valence-electron chi connectivity index (χ1n) is 6.26. The summed E-state index contributed by atoms with van der Waals surface area (Å²) in [5, 5.41) is 3.40. The van der Waals surface area contributed by atoms with E-state index in [2.05, 4.69) is 53.0 Å². The van der Waals surface area contributed by atoms with Gasteiger partial charge in [0.25, 0.3) is 0 Å². The molecule has 0 saturated heterocycles. The highest BCUT2D eigenvalue weighted by molar-refractivity contribution is 14.1. The van der Waals surface area contributed by atoms with E-state index in [1.165, 1.54) is 9.13 Å². The Hall–Kier alpha value is -1.10. The fourth-order valence-corrected chi connectivity index (χ4v) is 2.41. The molecule has 1 unspecified atom stereocenters. The topological polar surface area (TPSA) is 12.0 Å². The summed E-state index contributed by atoms with van der Waals surface area (Å²) < 4.78 is 14.8. The van der Waals surface area contributed by atoms with Crippen molar-refractivity contribution in [3.63, 3.8) is 0 Å². The van der Waals surface area contributed by atoms with E-state index in [1.54, 1.807) is 13.0 Å². The zero-order valence-corrected chi connectivity index (χ0v) is 13.5. The van der Waals surface area contributed by atoms with Crippen molar-refractivity contribution in [3.05, 3.63) is 62.5 Å². The summed E-state index contributed by atoms with van der Waals surface area (Å²) in [6, 6.07) is 11.7. The molecule has 0 bridgehead atoms. The van der Waals surface area contributed by atoms with Crippen LogP contribution >= 0.6 is 22.6 Å². The summed E-state index contributed by atoms with van der Waals surface area (Å²) in [6.07, 6.45) is 0. The average molecular weight is 369 g/mol. The average Bonchev–Trinajstić information content (AvgIpc) is 2.37. The van der Waals surface area contributed by atoms with Crippen molar-refractivity contribution < 1.29 is 4.39 Å². The Bertz CT molecular complexity index is 595. The summed E-state index contributed by atoms with van der Waals surface area (Å²) in [7, 11) is 0. The molecule has 3 heteroatoms. The highest BCUT2D eigenvalue weighted by atomic mass is 127. The normalized spacial score (nSPS) is 12.3. The Balaban J connectivity index is 2.17. The van der Waals surface area contributed by atoms with E-state index in [-0.39, 0.29) is 11.9 Å². The standard InChI is InChI=1S/C16H17FIN/c1-10-4-6-13(8-15(10)17)12(3)19-14-7-5-11(2)16(18)9-14/h4-9,12,19H,1-3H3. The number of rotatable bonds is 3. The Morgan fingerprint density at radius 1 is 1.05 bits per heavy atom. The smallest absolute Gasteiger partial charge is 0.126 e. The fourth-order valence-electron chi connectivity index (χ4n) is 1.89. The third kappa shape index (κ3) is 3.47. The van der Waals surface area contributed by atoms with E-state index in [1.807, 2.05) is 19.1 Å². The van der Waals surface area contributed by atoms with Crippen LogP contribution < -0.4 is 5.32 Å². The Morgan fingerprint density at radius 2 is 1.74 bits per heavy atom. The maximum absolute atomic E-state index is 13.6. The molecule has 19 heavy (non-hydrogen) atoms. The van der Waals surface area contributed by atoms with E-state index in [4.69, 9.17) is 0 Å². The molecular weight excluding hydrogens is 352 g/mol. The molecule has 1 atom stereocenters. The first-order valence-corrected chi connectivity index (χ1v) is 7.34.